The van der Waals surface area contributed by atoms with Crippen LogP contribution >= 0.6 is 0 Å². The molecule has 0 aliphatic carbocycles. The molecular weight excluding hydrogens is 416 g/mol. The maximum Gasteiger partial charge on any atom is 0.0438 e. The van der Waals surface area contributed by atoms with Crippen LogP contribution in [0.15, 0.2) is 36.4 Å². The maximum atomic E-state index is 3.57. The van der Waals surface area contributed by atoms with Crippen LogP contribution in [0, 0.1) is 0 Å². The van der Waals surface area contributed by atoms with Crippen LogP contribution in [0.25, 0.3) is 0 Å². The molecule has 0 aromatic heterocycles. The average molecular weight is 457 g/mol. The van der Waals surface area contributed by atoms with E-state index in [0.29, 0.717) is 0 Å². The highest BCUT2D eigenvalue weighted by Gasteiger charge is 2.42. The number of benzene rings is 2. The molecule has 6 heterocycles. The van der Waals surface area contributed by atoms with Crippen molar-refractivity contribution in [2.24, 2.45) is 0 Å². The summed E-state index contributed by atoms with van der Waals surface area (Å²) in [6.07, 6.45) is 10.7. The Morgan fingerprint density at radius 1 is 0.618 bits per heavy atom. The molecule has 4 nitrogen and oxygen atoms in total. The first-order chi connectivity index (χ1) is 16.9. The zero-order valence-electron chi connectivity index (χ0n) is 20.6. The van der Waals surface area contributed by atoms with Crippen LogP contribution in [0.1, 0.15) is 72.6 Å². The fourth-order valence-electron chi connectivity index (χ4n) is 8.08. The Hall–Kier alpha value is -2.04. The number of piperidine rings is 2. The number of para-hydroxylation sites is 2. The van der Waals surface area contributed by atoms with Crippen LogP contribution in [0.2, 0.25) is 0 Å². The number of rotatable bonds is 0. The second-order valence-electron chi connectivity index (χ2n) is 11.3. The third-order valence-electron chi connectivity index (χ3n) is 9.56. The van der Waals surface area contributed by atoms with Gasteiger partial charge < -0.3 is 20.4 Å². The molecule has 6 aliphatic heterocycles. The van der Waals surface area contributed by atoms with Gasteiger partial charge in [-0.15, -0.1) is 0 Å². The van der Waals surface area contributed by atoms with Crippen molar-refractivity contribution in [2.75, 3.05) is 49.1 Å². The van der Waals surface area contributed by atoms with Gasteiger partial charge in [-0.3, -0.25) is 0 Å². The van der Waals surface area contributed by atoms with E-state index in [-0.39, 0.29) is 0 Å². The van der Waals surface area contributed by atoms with E-state index < -0.39 is 0 Å². The van der Waals surface area contributed by atoms with E-state index in [1.807, 2.05) is 0 Å². The summed E-state index contributed by atoms with van der Waals surface area (Å²) >= 11 is 0. The summed E-state index contributed by atoms with van der Waals surface area (Å²) in [7, 11) is 0. The van der Waals surface area contributed by atoms with Crippen molar-refractivity contribution in [3.8, 4) is 0 Å². The fourth-order valence-corrected chi connectivity index (χ4v) is 8.08. The lowest BCUT2D eigenvalue weighted by Crippen LogP contribution is -2.44. The van der Waals surface area contributed by atoms with Crippen LogP contribution in [-0.4, -0.2) is 51.4 Å². The van der Waals surface area contributed by atoms with Gasteiger partial charge in [0.25, 0.3) is 0 Å². The van der Waals surface area contributed by atoms with Crippen molar-refractivity contribution in [3.05, 3.63) is 58.7 Å². The largest absolute Gasteiger partial charge is 0.367 e. The monoisotopic (exact) mass is 456 g/mol. The minimum atomic E-state index is 0.747. The number of hydrogen-bond acceptors (Lipinski definition) is 4. The Bertz CT molecular complexity index is 965. The molecule has 2 fully saturated rings. The van der Waals surface area contributed by atoms with E-state index in [4.69, 9.17) is 0 Å². The first-order valence-electron chi connectivity index (χ1n) is 14.1. The molecule has 2 aromatic carbocycles. The van der Waals surface area contributed by atoms with Gasteiger partial charge >= 0.3 is 0 Å². The lowest BCUT2D eigenvalue weighted by Gasteiger charge is -2.33. The average Bonchev–Trinajstić information content (AvgIpc) is 3.15. The Kier molecular flexibility index (Phi) is 5.55. The lowest BCUT2D eigenvalue weighted by molar-refractivity contribution is 0.401. The predicted octanol–water partition coefficient (Wildman–Crippen LogP) is 4.58. The summed E-state index contributed by atoms with van der Waals surface area (Å²) in [6, 6.07) is 15.5. The molecule has 4 unspecified atom stereocenters. The zero-order valence-corrected chi connectivity index (χ0v) is 20.6. The van der Waals surface area contributed by atoms with E-state index in [0.717, 1.165) is 23.9 Å². The molecule has 0 amide bonds. The number of nitrogens with one attached hydrogen (secondary N) is 2. The highest BCUT2D eigenvalue weighted by atomic mass is 15.2. The Labute approximate surface area is 205 Å². The molecule has 6 aliphatic rings. The molecule has 4 atom stereocenters. The van der Waals surface area contributed by atoms with Gasteiger partial charge in [-0.1, -0.05) is 36.4 Å². The molecule has 34 heavy (non-hydrogen) atoms. The van der Waals surface area contributed by atoms with Gasteiger partial charge in [0.05, 0.1) is 0 Å². The summed E-state index contributed by atoms with van der Waals surface area (Å²) in [4.78, 5) is 5.48. The second-order valence-corrected chi connectivity index (χ2v) is 11.3. The van der Waals surface area contributed by atoms with Gasteiger partial charge in [-0.25, -0.2) is 0 Å². The Morgan fingerprint density at radius 3 is 1.62 bits per heavy atom. The minimum Gasteiger partial charge on any atom is -0.367 e. The standard InChI is InChI=1S/2C15H20N2/c2*1-2-9-17-14-7-8-16-10-13(14)12-6-3-5-11(4-1)15(12)17/h2*3,5-6,13-14,16H,1-2,4,7-10H2. The van der Waals surface area contributed by atoms with E-state index in [1.165, 1.54) is 90.6 Å². The smallest absolute Gasteiger partial charge is 0.0438 e. The number of fused-ring (bicyclic) bond motifs is 6. The van der Waals surface area contributed by atoms with Crippen LogP contribution in [0.3, 0.4) is 0 Å². The van der Waals surface area contributed by atoms with Gasteiger partial charge in [0, 0.05) is 61.5 Å². The molecule has 180 valence electrons. The van der Waals surface area contributed by atoms with Gasteiger partial charge in [0.15, 0.2) is 0 Å². The number of aryl methyl sites for hydroxylation is 2. The molecule has 0 bridgehead atoms. The lowest BCUT2D eigenvalue weighted by atomic mass is 9.89. The van der Waals surface area contributed by atoms with Gasteiger partial charge in [-0.05, 0) is 86.7 Å². The van der Waals surface area contributed by atoms with Crippen molar-refractivity contribution in [1.29, 1.82) is 0 Å². The van der Waals surface area contributed by atoms with E-state index in [9.17, 15) is 0 Å². The number of nitrogens with zero attached hydrogens (tertiary/aromatic N) is 2. The molecular formula is C30H40N4. The molecule has 2 aromatic rings. The molecule has 0 saturated carbocycles. The minimum absolute atomic E-state index is 0.747. The summed E-state index contributed by atoms with van der Waals surface area (Å²) in [5.41, 5.74) is 9.69. The third kappa shape index (κ3) is 3.40. The molecule has 2 saturated heterocycles. The third-order valence-corrected chi connectivity index (χ3v) is 9.56. The highest BCUT2D eigenvalue weighted by Crippen LogP contribution is 2.47. The first kappa shape index (κ1) is 21.3. The zero-order chi connectivity index (χ0) is 22.5. The number of hydrogen-bond donors (Lipinski definition) is 2. The fraction of sp³-hybridized carbons (Fsp3) is 0.600. The summed E-state index contributed by atoms with van der Waals surface area (Å²) in [5.74, 6) is 1.49. The van der Waals surface area contributed by atoms with Crippen molar-refractivity contribution in [2.45, 2.75) is 75.3 Å². The van der Waals surface area contributed by atoms with Gasteiger partial charge in [-0.2, -0.15) is 0 Å². The topological polar surface area (TPSA) is 30.5 Å². The summed E-state index contributed by atoms with van der Waals surface area (Å²) < 4.78 is 0. The van der Waals surface area contributed by atoms with Crippen LogP contribution in [-0.2, 0) is 12.8 Å². The van der Waals surface area contributed by atoms with Crippen molar-refractivity contribution in [1.82, 2.24) is 10.6 Å². The highest BCUT2D eigenvalue weighted by molar-refractivity contribution is 5.68. The normalized spacial score (nSPS) is 30.7. The van der Waals surface area contributed by atoms with Crippen LogP contribution < -0.4 is 20.4 Å². The second kappa shape index (κ2) is 8.87. The molecule has 2 N–H and O–H groups in total. The SMILES string of the molecule is c1cc2c3c(c1)C1CNCCC1N3CCCC2.c1cc2c3c(c1)C1CNCCC1N3CCCC2. The molecule has 0 spiro atoms. The number of anilines is 2. The summed E-state index contributed by atoms with van der Waals surface area (Å²) in [5, 5.41) is 7.14. The maximum absolute atomic E-state index is 3.57. The van der Waals surface area contributed by atoms with E-state index >= 15 is 0 Å². The van der Waals surface area contributed by atoms with Gasteiger partial charge in [0.1, 0.15) is 0 Å². The summed E-state index contributed by atoms with van der Waals surface area (Å²) in [6.45, 7) is 7.31. The van der Waals surface area contributed by atoms with Crippen molar-refractivity contribution < 1.29 is 0 Å². The predicted molar refractivity (Wildman–Crippen MR) is 141 cm³/mol. The van der Waals surface area contributed by atoms with Crippen molar-refractivity contribution >= 4 is 11.4 Å². The van der Waals surface area contributed by atoms with E-state index in [2.05, 4.69) is 56.8 Å². The van der Waals surface area contributed by atoms with Gasteiger partial charge in [0.2, 0.25) is 0 Å². The van der Waals surface area contributed by atoms with Crippen LogP contribution in [0.5, 0.6) is 0 Å². The van der Waals surface area contributed by atoms with E-state index in [1.54, 1.807) is 33.6 Å². The quantitative estimate of drug-likeness (QED) is 0.608. The van der Waals surface area contributed by atoms with Crippen molar-refractivity contribution in [3.63, 3.8) is 0 Å². The molecule has 0 radical (unpaired) electrons. The molecule has 4 heteroatoms. The first-order valence-corrected chi connectivity index (χ1v) is 14.1. The van der Waals surface area contributed by atoms with Crippen LogP contribution in [0.4, 0.5) is 11.4 Å². The Balaban J connectivity index is 0.000000118. The molecule has 8 rings (SSSR count). The Morgan fingerprint density at radius 2 is 1.12 bits per heavy atom.